The number of nitrogens with one attached hydrogen (secondary N) is 1. The molecule has 4 heteroatoms. The molecule has 1 aliphatic heterocycles. The van der Waals surface area contributed by atoms with Crippen LogP contribution in [-0.2, 0) is 6.54 Å². The van der Waals surface area contributed by atoms with Crippen molar-refractivity contribution in [2.24, 2.45) is 0 Å². The predicted octanol–water partition coefficient (Wildman–Crippen LogP) is 3.95. The van der Waals surface area contributed by atoms with E-state index in [1.54, 1.807) is 6.26 Å². The van der Waals surface area contributed by atoms with Gasteiger partial charge in [-0.3, -0.25) is 4.90 Å². The Morgan fingerprint density at radius 1 is 1.09 bits per heavy atom. The number of nitrogens with zero attached hydrogens (tertiary/aromatic N) is 1. The molecule has 1 aromatic carbocycles. The highest BCUT2D eigenvalue weighted by Crippen LogP contribution is 2.25. The Bertz CT molecular complexity index is 709. The summed E-state index contributed by atoms with van der Waals surface area (Å²) in [6.45, 7) is 3.90. The SMILES string of the molecule is c1coc(C(CNCc2cc3ccccc3o2)N2CCCC2)c1. The second kappa shape index (κ2) is 6.60. The third-order valence-electron chi connectivity index (χ3n) is 4.57. The van der Waals surface area contributed by atoms with Crippen molar-refractivity contribution in [1.82, 2.24) is 10.2 Å². The van der Waals surface area contributed by atoms with Gasteiger partial charge in [0.2, 0.25) is 0 Å². The summed E-state index contributed by atoms with van der Waals surface area (Å²) in [6.07, 6.45) is 4.32. The minimum absolute atomic E-state index is 0.303. The largest absolute Gasteiger partial charge is 0.468 e. The van der Waals surface area contributed by atoms with Gasteiger partial charge in [0.25, 0.3) is 0 Å². The number of likely N-dealkylation sites (tertiary alicyclic amines) is 1. The molecule has 120 valence electrons. The number of furan rings is 2. The smallest absolute Gasteiger partial charge is 0.134 e. The average Bonchev–Trinajstić information content (AvgIpc) is 3.32. The van der Waals surface area contributed by atoms with E-state index >= 15 is 0 Å². The van der Waals surface area contributed by atoms with Gasteiger partial charge in [0, 0.05) is 11.9 Å². The molecule has 0 saturated carbocycles. The monoisotopic (exact) mass is 310 g/mol. The number of hydrogen-bond donors (Lipinski definition) is 1. The maximum absolute atomic E-state index is 5.87. The van der Waals surface area contributed by atoms with E-state index in [1.165, 1.54) is 12.8 Å². The van der Waals surface area contributed by atoms with E-state index in [9.17, 15) is 0 Å². The molecular formula is C19H22N2O2. The Labute approximate surface area is 136 Å². The topological polar surface area (TPSA) is 41.6 Å². The van der Waals surface area contributed by atoms with Gasteiger partial charge in [-0.2, -0.15) is 0 Å². The Hall–Kier alpha value is -2.04. The summed E-state index contributed by atoms with van der Waals surface area (Å²) in [7, 11) is 0. The van der Waals surface area contributed by atoms with Crippen molar-refractivity contribution in [3.63, 3.8) is 0 Å². The van der Waals surface area contributed by atoms with Gasteiger partial charge in [0.15, 0.2) is 0 Å². The summed E-state index contributed by atoms with van der Waals surface area (Å²) in [5.41, 5.74) is 0.950. The highest BCUT2D eigenvalue weighted by atomic mass is 16.3. The summed E-state index contributed by atoms with van der Waals surface area (Å²) >= 11 is 0. The molecule has 1 saturated heterocycles. The standard InChI is InChI=1S/C19H22N2O2/c1-2-7-18-15(6-1)12-16(23-18)13-20-14-17(19-8-5-11-22-19)21-9-3-4-10-21/h1-2,5-8,11-12,17,20H,3-4,9-10,13-14H2. The molecule has 3 aromatic rings. The van der Waals surface area contributed by atoms with Crippen molar-refractivity contribution >= 4 is 11.0 Å². The summed E-state index contributed by atoms with van der Waals surface area (Å²) in [5.74, 6) is 2.02. The van der Waals surface area contributed by atoms with Crippen molar-refractivity contribution < 1.29 is 8.83 Å². The molecule has 1 aliphatic rings. The van der Waals surface area contributed by atoms with Crippen LogP contribution < -0.4 is 5.32 Å². The molecule has 0 amide bonds. The summed E-state index contributed by atoms with van der Waals surface area (Å²) in [5, 5.41) is 4.69. The Balaban J connectivity index is 1.41. The lowest BCUT2D eigenvalue weighted by molar-refractivity contribution is 0.208. The number of fused-ring (bicyclic) bond motifs is 1. The average molecular weight is 310 g/mol. The summed E-state index contributed by atoms with van der Waals surface area (Å²) in [4.78, 5) is 2.50. The molecule has 4 rings (SSSR count). The molecule has 1 atom stereocenters. The lowest BCUT2D eigenvalue weighted by Gasteiger charge is -2.25. The van der Waals surface area contributed by atoms with Crippen LogP contribution in [0.5, 0.6) is 0 Å². The molecule has 23 heavy (non-hydrogen) atoms. The van der Waals surface area contributed by atoms with E-state index < -0.39 is 0 Å². The molecular weight excluding hydrogens is 288 g/mol. The van der Waals surface area contributed by atoms with Crippen LogP contribution in [0.1, 0.15) is 30.4 Å². The number of hydrogen-bond acceptors (Lipinski definition) is 4. The van der Waals surface area contributed by atoms with E-state index in [0.717, 1.165) is 48.7 Å². The van der Waals surface area contributed by atoms with Gasteiger partial charge < -0.3 is 14.2 Å². The molecule has 3 heterocycles. The summed E-state index contributed by atoms with van der Waals surface area (Å²) < 4.78 is 11.5. The zero-order valence-electron chi connectivity index (χ0n) is 13.2. The molecule has 2 aromatic heterocycles. The van der Waals surface area contributed by atoms with E-state index in [-0.39, 0.29) is 0 Å². The van der Waals surface area contributed by atoms with E-state index in [0.29, 0.717) is 6.04 Å². The van der Waals surface area contributed by atoms with Crippen LogP contribution in [-0.4, -0.2) is 24.5 Å². The van der Waals surface area contributed by atoms with Crippen LogP contribution >= 0.6 is 0 Å². The van der Waals surface area contributed by atoms with Gasteiger partial charge in [0.1, 0.15) is 17.1 Å². The minimum Gasteiger partial charge on any atom is -0.468 e. The lowest BCUT2D eigenvalue weighted by Crippen LogP contribution is -2.33. The Morgan fingerprint density at radius 2 is 1.96 bits per heavy atom. The van der Waals surface area contributed by atoms with Crippen LogP contribution in [0.3, 0.4) is 0 Å². The fraction of sp³-hybridized carbons (Fsp3) is 0.368. The van der Waals surface area contributed by atoms with Crippen LogP contribution in [0.15, 0.2) is 57.6 Å². The van der Waals surface area contributed by atoms with Gasteiger partial charge in [-0.15, -0.1) is 0 Å². The van der Waals surface area contributed by atoms with Gasteiger partial charge in [-0.1, -0.05) is 18.2 Å². The Morgan fingerprint density at radius 3 is 2.74 bits per heavy atom. The van der Waals surface area contributed by atoms with Gasteiger partial charge >= 0.3 is 0 Å². The van der Waals surface area contributed by atoms with Crippen LogP contribution in [0, 0.1) is 0 Å². The molecule has 0 aliphatic carbocycles. The second-order valence-corrected chi connectivity index (χ2v) is 6.16. The first-order valence-corrected chi connectivity index (χ1v) is 8.36. The van der Waals surface area contributed by atoms with E-state index in [2.05, 4.69) is 28.4 Å². The first-order chi connectivity index (χ1) is 11.4. The van der Waals surface area contributed by atoms with Crippen LogP contribution in [0.25, 0.3) is 11.0 Å². The third kappa shape index (κ3) is 3.19. The fourth-order valence-corrected chi connectivity index (χ4v) is 3.40. The normalized spacial score (nSPS) is 17.0. The second-order valence-electron chi connectivity index (χ2n) is 6.16. The van der Waals surface area contributed by atoms with E-state index in [1.807, 2.05) is 24.3 Å². The molecule has 1 fully saturated rings. The number of para-hydroxylation sites is 1. The number of rotatable bonds is 6. The zero-order valence-corrected chi connectivity index (χ0v) is 13.2. The van der Waals surface area contributed by atoms with Crippen molar-refractivity contribution in [2.45, 2.75) is 25.4 Å². The van der Waals surface area contributed by atoms with Crippen molar-refractivity contribution in [3.8, 4) is 0 Å². The van der Waals surface area contributed by atoms with Crippen molar-refractivity contribution in [2.75, 3.05) is 19.6 Å². The van der Waals surface area contributed by atoms with Crippen LogP contribution in [0.4, 0.5) is 0 Å². The molecule has 1 N–H and O–H groups in total. The highest BCUT2D eigenvalue weighted by molar-refractivity contribution is 5.77. The molecule has 4 nitrogen and oxygen atoms in total. The van der Waals surface area contributed by atoms with Crippen molar-refractivity contribution in [1.29, 1.82) is 0 Å². The molecule has 0 bridgehead atoms. The van der Waals surface area contributed by atoms with Gasteiger partial charge in [0.05, 0.1) is 18.8 Å². The predicted molar refractivity (Wildman–Crippen MR) is 90.2 cm³/mol. The fourth-order valence-electron chi connectivity index (χ4n) is 3.40. The first kappa shape index (κ1) is 14.5. The molecule has 0 radical (unpaired) electrons. The van der Waals surface area contributed by atoms with Gasteiger partial charge in [-0.05, 0) is 50.2 Å². The first-order valence-electron chi connectivity index (χ1n) is 8.36. The summed E-state index contributed by atoms with van der Waals surface area (Å²) in [6, 6.07) is 14.6. The highest BCUT2D eigenvalue weighted by Gasteiger charge is 2.25. The maximum atomic E-state index is 5.87. The van der Waals surface area contributed by atoms with Crippen molar-refractivity contribution in [3.05, 3.63) is 60.2 Å². The maximum Gasteiger partial charge on any atom is 0.134 e. The molecule has 0 spiro atoms. The van der Waals surface area contributed by atoms with E-state index in [4.69, 9.17) is 8.83 Å². The third-order valence-corrected chi connectivity index (χ3v) is 4.57. The molecule has 1 unspecified atom stereocenters. The minimum atomic E-state index is 0.303. The Kier molecular flexibility index (Phi) is 4.18. The number of benzene rings is 1. The zero-order chi connectivity index (χ0) is 15.5. The quantitative estimate of drug-likeness (QED) is 0.748. The lowest BCUT2D eigenvalue weighted by atomic mass is 10.2. The van der Waals surface area contributed by atoms with Gasteiger partial charge in [-0.25, -0.2) is 0 Å². The van der Waals surface area contributed by atoms with Crippen LogP contribution in [0.2, 0.25) is 0 Å².